The summed E-state index contributed by atoms with van der Waals surface area (Å²) in [5, 5.41) is 49.1. The van der Waals surface area contributed by atoms with E-state index < -0.39 is 49.5 Å². The number of rotatable bonds is 3. The molecule has 0 spiro atoms. The summed E-state index contributed by atoms with van der Waals surface area (Å²) in [7, 11) is 0. The van der Waals surface area contributed by atoms with E-state index in [-0.39, 0.29) is 16.5 Å². The topological polar surface area (TPSA) is 149 Å². The number of halogens is 1. The van der Waals surface area contributed by atoms with Gasteiger partial charge < -0.3 is 34.6 Å². The van der Waals surface area contributed by atoms with Gasteiger partial charge in [0, 0.05) is 11.1 Å². The lowest BCUT2D eigenvalue weighted by Crippen LogP contribution is -2.61. The van der Waals surface area contributed by atoms with Crippen LogP contribution in [0.25, 0.3) is 0 Å². The van der Waals surface area contributed by atoms with Crippen LogP contribution >= 0.6 is 11.6 Å². The van der Waals surface area contributed by atoms with Crippen molar-refractivity contribution in [2.75, 3.05) is 11.7 Å². The number of amides is 1. The summed E-state index contributed by atoms with van der Waals surface area (Å²) < 4.78 is 15.7. The van der Waals surface area contributed by atoms with Gasteiger partial charge in [-0.05, 0) is 12.1 Å². The van der Waals surface area contributed by atoms with Gasteiger partial charge in [-0.15, -0.1) is 0 Å². The summed E-state index contributed by atoms with van der Waals surface area (Å²) in [6.45, 7) is -0.658. The van der Waals surface area contributed by atoms with Crippen LogP contribution in [0.4, 0.5) is 5.69 Å². The third-order valence-electron chi connectivity index (χ3n) is 3.90. The Morgan fingerprint density at radius 1 is 1.20 bits per heavy atom. The van der Waals surface area contributed by atoms with Crippen molar-refractivity contribution in [3.63, 3.8) is 0 Å². The molecule has 138 valence electrons. The molecule has 1 saturated heterocycles. The molecular formula is C14H16ClNO9. The lowest BCUT2D eigenvalue weighted by Gasteiger charge is -2.41. The summed E-state index contributed by atoms with van der Waals surface area (Å²) in [6.07, 6.45) is -9.49. The van der Waals surface area contributed by atoms with Crippen molar-refractivity contribution >= 4 is 23.2 Å². The van der Waals surface area contributed by atoms with Gasteiger partial charge in [0.2, 0.25) is 0 Å². The average Bonchev–Trinajstić information content (AvgIpc) is 2.59. The first-order valence-electron chi connectivity index (χ1n) is 7.28. The van der Waals surface area contributed by atoms with Crippen LogP contribution in [-0.2, 0) is 14.3 Å². The van der Waals surface area contributed by atoms with Gasteiger partial charge >= 0.3 is 5.91 Å². The largest absolute Gasteiger partial charge is 0.453 e. The number of carbonyl (C=O) groups excluding carboxylic acids is 1. The number of benzene rings is 1. The Morgan fingerprint density at radius 3 is 2.60 bits per heavy atom. The molecule has 0 aromatic heterocycles. The number of hydrogen-bond donors (Lipinski definition) is 5. The normalized spacial score (nSPS) is 35.3. The Kier molecular flexibility index (Phi) is 5.14. The Hall–Kier alpha value is -1.50. The predicted molar refractivity (Wildman–Crippen MR) is 80.0 cm³/mol. The molecule has 25 heavy (non-hydrogen) atoms. The van der Waals surface area contributed by atoms with Gasteiger partial charge in [0.05, 0.1) is 6.61 Å². The number of anilines is 1. The minimum absolute atomic E-state index is 0.0445. The van der Waals surface area contributed by atoms with E-state index in [9.17, 15) is 25.3 Å². The van der Waals surface area contributed by atoms with Crippen LogP contribution in [-0.4, -0.2) is 75.1 Å². The average molecular weight is 378 g/mol. The molecule has 0 bridgehead atoms. The molecule has 2 aliphatic rings. The molecule has 2 aliphatic heterocycles. The second-order valence-corrected chi connectivity index (χ2v) is 5.98. The van der Waals surface area contributed by atoms with Crippen LogP contribution in [0.1, 0.15) is 0 Å². The molecule has 0 saturated carbocycles. The molecule has 1 aromatic rings. The van der Waals surface area contributed by atoms with Crippen LogP contribution in [0.2, 0.25) is 5.02 Å². The second kappa shape index (κ2) is 7.02. The first kappa shape index (κ1) is 18.3. The summed E-state index contributed by atoms with van der Waals surface area (Å²) >= 11 is 5.84. The van der Waals surface area contributed by atoms with Gasteiger partial charge in [-0.25, -0.2) is 0 Å². The van der Waals surface area contributed by atoms with E-state index in [0.29, 0.717) is 5.06 Å². The van der Waals surface area contributed by atoms with E-state index in [1.807, 2.05) is 0 Å². The van der Waals surface area contributed by atoms with Crippen LogP contribution in [0.5, 0.6) is 5.75 Å². The van der Waals surface area contributed by atoms with Crippen molar-refractivity contribution in [3.05, 3.63) is 23.2 Å². The molecule has 0 aliphatic carbocycles. The zero-order chi connectivity index (χ0) is 18.3. The molecule has 1 aromatic carbocycles. The minimum atomic E-state index is -1.72. The predicted octanol–water partition coefficient (Wildman–Crippen LogP) is -1.40. The van der Waals surface area contributed by atoms with Crippen molar-refractivity contribution in [3.8, 4) is 5.75 Å². The fourth-order valence-corrected chi connectivity index (χ4v) is 2.69. The van der Waals surface area contributed by atoms with Gasteiger partial charge in [0.15, 0.2) is 12.0 Å². The number of ether oxygens (including phenoxy) is 3. The smallest absolute Gasteiger partial charge is 0.320 e. The fourth-order valence-electron chi connectivity index (χ4n) is 2.53. The summed E-state index contributed by atoms with van der Waals surface area (Å²) in [6, 6.07) is 4.15. The number of nitrogens with zero attached hydrogens (tertiary/aromatic N) is 1. The van der Waals surface area contributed by atoms with Gasteiger partial charge in [-0.2, -0.15) is 5.06 Å². The quantitative estimate of drug-likeness (QED) is 0.401. The highest BCUT2D eigenvalue weighted by Gasteiger charge is 2.47. The van der Waals surface area contributed by atoms with Crippen LogP contribution < -0.4 is 9.80 Å². The van der Waals surface area contributed by atoms with Crippen molar-refractivity contribution in [2.45, 2.75) is 37.0 Å². The first-order valence-corrected chi connectivity index (χ1v) is 7.66. The van der Waals surface area contributed by atoms with E-state index in [4.69, 9.17) is 30.9 Å². The minimum Gasteiger partial charge on any atom is -0.453 e. The SMILES string of the molecule is O=C1[C@@H](OC2OC(CO)C(O)C(O)C2O)Oc2cc(Cl)ccc2N1O. The number of carbonyl (C=O) groups is 1. The van der Waals surface area contributed by atoms with E-state index in [0.717, 1.165) is 0 Å². The molecule has 11 heteroatoms. The van der Waals surface area contributed by atoms with E-state index in [1.165, 1.54) is 18.2 Å². The molecule has 10 nitrogen and oxygen atoms in total. The number of fused-ring (bicyclic) bond motifs is 1. The van der Waals surface area contributed by atoms with Crippen molar-refractivity contribution in [2.24, 2.45) is 0 Å². The monoisotopic (exact) mass is 377 g/mol. The lowest BCUT2D eigenvalue weighted by atomic mass is 9.99. The van der Waals surface area contributed by atoms with Crippen LogP contribution in [0.3, 0.4) is 0 Å². The maximum absolute atomic E-state index is 12.1. The van der Waals surface area contributed by atoms with E-state index in [1.54, 1.807) is 0 Å². The molecular weight excluding hydrogens is 362 g/mol. The maximum atomic E-state index is 12.1. The maximum Gasteiger partial charge on any atom is 0.320 e. The number of hydrogen-bond acceptors (Lipinski definition) is 9. The standard InChI is InChI=1S/C14H16ClNO9/c15-5-1-2-6-7(3-5)23-14(12(21)16(6)22)25-13-11(20)10(19)9(18)8(4-17)24-13/h1-3,8-11,13-14,17-20,22H,4H2/t8?,9?,10?,11?,13?,14-/m1/s1. The number of aliphatic hydroxyl groups excluding tert-OH is 4. The Balaban J connectivity index is 1.79. The van der Waals surface area contributed by atoms with Crippen molar-refractivity contribution in [1.29, 1.82) is 0 Å². The Labute approximate surface area is 146 Å². The van der Waals surface area contributed by atoms with E-state index in [2.05, 4.69) is 0 Å². The first-order chi connectivity index (χ1) is 11.8. The van der Waals surface area contributed by atoms with Crippen molar-refractivity contribution in [1.82, 2.24) is 0 Å². The highest BCUT2D eigenvalue weighted by Crippen LogP contribution is 2.36. The molecule has 5 N–H and O–H groups in total. The van der Waals surface area contributed by atoms with Crippen LogP contribution in [0, 0.1) is 0 Å². The Morgan fingerprint density at radius 2 is 1.92 bits per heavy atom. The lowest BCUT2D eigenvalue weighted by molar-refractivity contribution is -0.323. The zero-order valence-corrected chi connectivity index (χ0v) is 13.4. The molecule has 0 radical (unpaired) electrons. The highest BCUT2D eigenvalue weighted by molar-refractivity contribution is 6.30. The van der Waals surface area contributed by atoms with Gasteiger partial charge in [0.25, 0.3) is 6.29 Å². The Bertz CT molecular complexity index is 657. The second-order valence-electron chi connectivity index (χ2n) is 5.55. The molecule has 6 atom stereocenters. The number of hydroxylamine groups is 1. The molecule has 1 amide bonds. The third-order valence-corrected chi connectivity index (χ3v) is 4.14. The third kappa shape index (κ3) is 3.30. The molecule has 2 heterocycles. The summed E-state index contributed by atoms with van der Waals surface area (Å²) in [5.74, 6) is -0.962. The van der Waals surface area contributed by atoms with E-state index >= 15 is 0 Å². The molecule has 5 unspecified atom stereocenters. The number of aliphatic hydroxyl groups is 4. The fraction of sp³-hybridized carbons (Fsp3) is 0.500. The summed E-state index contributed by atoms with van der Waals surface area (Å²) in [5.41, 5.74) is 0.0445. The van der Waals surface area contributed by atoms with Gasteiger partial charge in [-0.3, -0.25) is 10.0 Å². The molecule has 3 rings (SSSR count). The van der Waals surface area contributed by atoms with Gasteiger partial charge in [0.1, 0.15) is 30.1 Å². The summed E-state index contributed by atoms with van der Waals surface area (Å²) in [4.78, 5) is 12.1. The zero-order valence-electron chi connectivity index (χ0n) is 12.6. The van der Waals surface area contributed by atoms with Crippen molar-refractivity contribution < 1.29 is 44.6 Å². The highest BCUT2D eigenvalue weighted by atomic mass is 35.5. The van der Waals surface area contributed by atoms with Gasteiger partial charge in [-0.1, -0.05) is 11.6 Å². The van der Waals surface area contributed by atoms with Crippen LogP contribution in [0.15, 0.2) is 18.2 Å². The molecule has 1 fully saturated rings.